The number of nitrogens with one attached hydrogen (secondary N) is 1. The van der Waals surface area contributed by atoms with Crippen molar-refractivity contribution in [2.45, 2.75) is 50.0 Å². The van der Waals surface area contributed by atoms with Crippen molar-refractivity contribution in [2.75, 3.05) is 0 Å². The smallest absolute Gasteiger partial charge is 0.414 e. The summed E-state index contributed by atoms with van der Waals surface area (Å²) in [6.07, 6.45) is 1.88. The van der Waals surface area contributed by atoms with Crippen molar-refractivity contribution in [3.8, 4) is 0 Å². The van der Waals surface area contributed by atoms with E-state index in [1.807, 2.05) is 13.8 Å². The van der Waals surface area contributed by atoms with E-state index in [9.17, 15) is 9.59 Å². The minimum atomic E-state index is -0.731. The number of ether oxygens (including phenoxy) is 1. The van der Waals surface area contributed by atoms with Crippen molar-refractivity contribution >= 4 is 35.2 Å². The van der Waals surface area contributed by atoms with Crippen LogP contribution in [0.5, 0.6) is 0 Å². The topological polar surface area (TPSA) is 55.4 Å². The first kappa shape index (κ1) is 18.5. The number of alkyl halides is 2. The zero-order chi connectivity index (χ0) is 18.5. The molecular weight excluding hydrogens is 361 g/mol. The predicted molar refractivity (Wildman–Crippen MR) is 97.8 cm³/mol. The van der Waals surface area contributed by atoms with E-state index in [1.54, 1.807) is 30.3 Å². The molecule has 2 fully saturated rings. The maximum atomic E-state index is 12.2. The Morgan fingerprint density at radius 1 is 1.24 bits per heavy atom. The third kappa shape index (κ3) is 3.26. The lowest BCUT2D eigenvalue weighted by molar-refractivity contribution is -0.0226. The van der Waals surface area contributed by atoms with Crippen LogP contribution < -0.4 is 5.32 Å². The molecule has 6 heteroatoms. The summed E-state index contributed by atoms with van der Waals surface area (Å²) in [6.45, 7) is 5.87. The number of imide groups is 1. The molecule has 4 nitrogen and oxygen atoms in total. The molecule has 0 radical (unpaired) electrons. The second-order valence-electron chi connectivity index (χ2n) is 7.88. The molecule has 2 amide bonds. The fourth-order valence-electron chi connectivity index (χ4n) is 4.03. The second-order valence-corrected chi connectivity index (χ2v) is 9.26. The number of benzene rings is 1. The van der Waals surface area contributed by atoms with Gasteiger partial charge in [0.15, 0.2) is 0 Å². The summed E-state index contributed by atoms with van der Waals surface area (Å²) in [5.41, 5.74) is -0.319. The molecule has 0 aliphatic heterocycles. The average molecular weight is 384 g/mol. The number of halogens is 2. The minimum Gasteiger partial charge on any atom is -0.443 e. The molecule has 1 N–H and O–H groups in total. The summed E-state index contributed by atoms with van der Waals surface area (Å²) < 4.78 is 4.90. The number of hydrogen-bond acceptors (Lipinski definition) is 3. The Morgan fingerprint density at radius 3 is 2.48 bits per heavy atom. The van der Waals surface area contributed by atoms with Crippen molar-refractivity contribution in [3.05, 3.63) is 35.9 Å². The van der Waals surface area contributed by atoms with Gasteiger partial charge in [0.25, 0.3) is 5.91 Å². The molecule has 1 aromatic carbocycles. The van der Waals surface area contributed by atoms with Gasteiger partial charge in [0, 0.05) is 16.9 Å². The molecule has 0 saturated heterocycles. The summed E-state index contributed by atoms with van der Waals surface area (Å²) in [4.78, 5) is 24.2. The Bertz CT molecular complexity index is 689. The van der Waals surface area contributed by atoms with E-state index in [4.69, 9.17) is 27.9 Å². The zero-order valence-corrected chi connectivity index (χ0v) is 16.2. The number of carbonyl (C=O) groups is 2. The first-order valence-corrected chi connectivity index (χ1v) is 9.31. The van der Waals surface area contributed by atoms with E-state index < -0.39 is 21.9 Å². The van der Waals surface area contributed by atoms with Gasteiger partial charge < -0.3 is 4.74 Å². The van der Waals surface area contributed by atoms with Gasteiger partial charge in [0.05, 0.1) is 0 Å². The Labute approximate surface area is 158 Å². The Morgan fingerprint density at radius 2 is 1.88 bits per heavy atom. The van der Waals surface area contributed by atoms with Crippen molar-refractivity contribution in [2.24, 2.45) is 17.3 Å². The Balaban J connectivity index is 1.58. The van der Waals surface area contributed by atoms with Crippen LogP contribution in [-0.4, -0.2) is 21.9 Å². The molecule has 25 heavy (non-hydrogen) atoms. The molecule has 2 aliphatic rings. The molecule has 136 valence electrons. The molecule has 0 aromatic heterocycles. The number of alkyl carbamates (subject to hydrolysis) is 1. The highest BCUT2D eigenvalue weighted by Gasteiger charge is 2.74. The van der Waals surface area contributed by atoms with E-state index in [1.165, 1.54) is 0 Å². The normalized spacial score (nSPS) is 30.1. The third-order valence-electron chi connectivity index (χ3n) is 6.01. The van der Waals surface area contributed by atoms with Gasteiger partial charge in [-0.1, -0.05) is 25.1 Å². The van der Waals surface area contributed by atoms with Crippen LogP contribution in [0.15, 0.2) is 30.3 Å². The van der Waals surface area contributed by atoms with Gasteiger partial charge in [0.2, 0.25) is 0 Å². The fourth-order valence-corrected chi connectivity index (χ4v) is 5.04. The van der Waals surface area contributed by atoms with Crippen LogP contribution in [0.2, 0.25) is 0 Å². The fraction of sp³-hybridized carbons (Fsp3) is 0.579. The molecular formula is C19H23Cl2NO3. The number of hydrogen-bond donors (Lipinski definition) is 1. The summed E-state index contributed by atoms with van der Waals surface area (Å²) in [5, 5.41) is 2.28. The van der Waals surface area contributed by atoms with Crippen molar-refractivity contribution in [1.29, 1.82) is 0 Å². The molecule has 2 saturated carbocycles. The zero-order valence-electron chi connectivity index (χ0n) is 14.6. The van der Waals surface area contributed by atoms with Crippen LogP contribution in [0.25, 0.3) is 0 Å². The number of rotatable bonds is 3. The van der Waals surface area contributed by atoms with E-state index in [0.717, 1.165) is 19.3 Å². The summed E-state index contributed by atoms with van der Waals surface area (Å²) >= 11 is 12.8. The number of fused-ring (bicyclic) bond motifs is 1. The monoisotopic (exact) mass is 383 g/mol. The van der Waals surface area contributed by atoms with E-state index in [0.29, 0.717) is 5.56 Å². The van der Waals surface area contributed by atoms with Crippen LogP contribution >= 0.6 is 23.2 Å². The third-order valence-corrected chi connectivity index (χ3v) is 7.40. The van der Waals surface area contributed by atoms with Gasteiger partial charge >= 0.3 is 6.09 Å². The maximum absolute atomic E-state index is 12.2. The number of carbonyl (C=O) groups excluding carboxylic acids is 2. The minimum absolute atomic E-state index is 0.0335. The summed E-state index contributed by atoms with van der Waals surface area (Å²) in [7, 11) is 0. The Kier molecular flexibility index (Phi) is 4.57. The second kappa shape index (κ2) is 6.17. The van der Waals surface area contributed by atoms with Gasteiger partial charge in [-0.25, -0.2) is 4.79 Å². The lowest BCUT2D eigenvalue weighted by atomic mass is 9.75. The van der Waals surface area contributed by atoms with Gasteiger partial charge in [-0.3, -0.25) is 10.1 Å². The first-order valence-electron chi connectivity index (χ1n) is 8.55. The molecule has 1 aromatic rings. The van der Waals surface area contributed by atoms with Gasteiger partial charge in [0.1, 0.15) is 9.93 Å². The van der Waals surface area contributed by atoms with E-state index in [2.05, 4.69) is 12.2 Å². The Hall–Kier alpha value is -1.26. The van der Waals surface area contributed by atoms with Crippen LogP contribution in [-0.2, 0) is 4.74 Å². The SMILES string of the molecule is CC(C)(OC(=O)NC(=O)c1ccccc1)[C@@H]1CC[C@]2(C)[C@@H](C1)C2(Cl)Cl. The van der Waals surface area contributed by atoms with Crippen LogP contribution in [0.1, 0.15) is 50.4 Å². The van der Waals surface area contributed by atoms with E-state index >= 15 is 0 Å². The molecule has 0 spiro atoms. The standard InChI is InChI=1S/C19H23Cl2NO3/c1-17(2,13-9-10-18(3)14(11-13)19(18,20)21)25-16(24)22-15(23)12-7-5-4-6-8-12/h4-8,13-14H,9-11H2,1-3H3,(H,22,23,24)/t13-,14-,18-/m1/s1. The van der Waals surface area contributed by atoms with Crippen molar-refractivity contribution in [1.82, 2.24) is 5.32 Å². The quantitative estimate of drug-likeness (QED) is 0.751. The molecule has 0 heterocycles. The highest BCUT2D eigenvalue weighted by molar-refractivity contribution is 6.51. The average Bonchev–Trinajstić information content (AvgIpc) is 2.99. The molecule has 0 bridgehead atoms. The van der Waals surface area contributed by atoms with Crippen molar-refractivity contribution < 1.29 is 14.3 Å². The highest BCUT2D eigenvalue weighted by atomic mass is 35.5. The lowest BCUT2D eigenvalue weighted by Crippen LogP contribution is -2.43. The number of amides is 2. The van der Waals surface area contributed by atoms with Crippen LogP contribution in [0.3, 0.4) is 0 Å². The first-order chi connectivity index (χ1) is 11.6. The molecule has 3 atom stereocenters. The lowest BCUT2D eigenvalue weighted by Gasteiger charge is -2.37. The molecule has 3 rings (SSSR count). The molecule has 2 aliphatic carbocycles. The van der Waals surface area contributed by atoms with Crippen LogP contribution in [0, 0.1) is 17.3 Å². The van der Waals surface area contributed by atoms with Gasteiger partial charge in [-0.15, -0.1) is 23.2 Å². The van der Waals surface area contributed by atoms with Crippen molar-refractivity contribution in [3.63, 3.8) is 0 Å². The molecule has 0 unspecified atom stereocenters. The van der Waals surface area contributed by atoms with E-state index in [-0.39, 0.29) is 17.3 Å². The predicted octanol–water partition coefficient (Wildman–Crippen LogP) is 4.94. The van der Waals surface area contributed by atoms with Crippen LogP contribution in [0.4, 0.5) is 4.79 Å². The maximum Gasteiger partial charge on any atom is 0.414 e. The highest BCUT2D eigenvalue weighted by Crippen LogP contribution is 2.75. The largest absolute Gasteiger partial charge is 0.443 e. The summed E-state index contributed by atoms with van der Waals surface area (Å²) in [6, 6.07) is 8.57. The summed E-state index contributed by atoms with van der Waals surface area (Å²) in [5.74, 6) is -0.0955. The van der Waals surface area contributed by atoms with Gasteiger partial charge in [-0.2, -0.15) is 0 Å². The van der Waals surface area contributed by atoms with Gasteiger partial charge in [-0.05, 0) is 51.2 Å².